The van der Waals surface area contributed by atoms with E-state index in [1.165, 1.54) is 131 Å². The monoisotopic (exact) mass is 1160 g/mol. The van der Waals surface area contributed by atoms with Gasteiger partial charge in [-0.1, -0.05) is 360 Å². The lowest BCUT2D eigenvalue weighted by atomic mass is 9.91. The van der Waals surface area contributed by atoms with E-state index in [1.54, 1.807) is 0 Å². The summed E-state index contributed by atoms with van der Waals surface area (Å²) < 4.78 is 0. The highest BCUT2D eigenvalue weighted by Gasteiger charge is 2.25. The van der Waals surface area contributed by atoms with Gasteiger partial charge in [-0.05, 0) is 175 Å². The van der Waals surface area contributed by atoms with Crippen molar-refractivity contribution in [3.8, 4) is 33.4 Å². The Labute approximate surface area is 532 Å². The fourth-order valence-corrected chi connectivity index (χ4v) is 11.0. The molecule has 3 aliphatic rings. The minimum Gasteiger partial charge on any atom is -0.0683 e. The molecule has 0 fully saturated rings. The Morgan fingerprint density at radius 3 is 0.690 bits per heavy atom. The van der Waals surface area contributed by atoms with Crippen molar-refractivity contribution in [3.63, 3.8) is 0 Å². The van der Waals surface area contributed by atoms with E-state index in [2.05, 4.69) is 218 Å². The average molecular weight is 1160 g/mol. The predicted octanol–water partition coefficient (Wildman–Crippen LogP) is 29.0. The second kappa shape index (κ2) is 43.8. The summed E-state index contributed by atoms with van der Waals surface area (Å²) in [5, 5.41) is 16.1. The van der Waals surface area contributed by atoms with Crippen molar-refractivity contribution < 1.29 is 0 Å². The summed E-state index contributed by atoms with van der Waals surface area (Å²) in [6.07, 6.45) is 3.18. The fourth-order valence-electron chi connectivity index (χ4n) is 11.0. The molecule has 0 saturated carbocycles. The lowest BCUT2D eigenvalue weighted by Crippen LogP contribution is -1.86. The van der Waals surface area contributed by atoms with Crippen molar-refractivity contribution in [2.75, 3.05) is 0 Å². The van der Waals surface area contributed by atoms with Gasteiger partial charge in [-0.25, -0.2) is 0 Å². The van der Waals surface area contributed by atoms with Crippen LogP contribution in [0.15, 0.2) is 218 Å². The Kier molecular flexibility index (Phi) is 38.8. The molecule has 462 valence electrons. The van der Waals surface area contributed by atoms with Crippen LogP contribution in [0.4, 0.5) is 0 Å². The zero-order valence-electron chi connectivity index (χ0n) is 58.9. The van der Waals surface area contributed by atoms with E-state index >= 15 is 0 Å². The largest absolute Gasteiger partial charge is 0.0683 e. The van der Waals surface area contributed by atoms with Gasteiger partial charge >= 0.3 is 0 Å². The molecule has 0 spiro atoms. The van der Waals surface area contributed by atoms with Crippen molar-refractivity contribution >= 4 is 64.6 Å². The van der Waals surface area contributed by atoms with Crippen molar-refractivity contribution in [2.45, 2.75) is 185 Å². The molecule has 0 N–H and O–H groups in total. The number of fused-ring (bicyclic) bond motifs is 19. The first-order chi connectivity index (χ1) is 43.2. The summed E-state index contributed by atoms with van der Waals surface area (Å²) >= 11 is 0. The van der Waals surface area contributed by atoms with E-state index in [0.717, 1.165) is 19.3 Å². The third-order valence-electron chi connectivity index (χ3n) is 13.9. The molecule has 0 atom stereocenters. The Morgan fingerprint density at radius 1 is 0.161 bits per heavy atom. The molecule has 15 rings (SSSR count). The fraction of sp³-hybridized carbons (Fsp3) is 0.310. The zero-order chi connectivity index (χ0) is 65.4. The minimum atomic E-state index is 1.02. The highest BCUT2D eigenvalue weighted by Crippen LogP contribution is 2.47. The topological polar surface area (TPSA) is 0 Å². The van der Waals surface area contributed by atoms with Crippen LogP contribution in [0.25, 0.3) is 98.0 Å². The van der Waals surface area contributed by atoms with Gasteiger partial charge in [0, 0.05) is 0 Å². The molecule has 0 aliphatic heterocycles. The zero-order valence-corrected chi connectivity index (χ0v) is 58.9. The van der Waals surface area contributed by atoms with Gasteiger partial charge in [-0.3, -0.25) is 0 Å². The Bertz CT molecular complexity index is 3580. The van der Waals surface area contributed by atoms with Gasteiger partial charge < -0.3 is 0 Å². The van der Waals surface area contributed by atoms with Crippen molar-refractivity contribution in [3.05, 3.63) is 252 Å². The number of rotatable bonds is 0. The first kappa shape index (κ1) is 77.2. The summed E-state index contributed by atoms with van der Waals surface area (Å²) in [5.74, 6) is 0. The highest BCUT2D eigenvalue weighted by atomic mass is 14.3. The maximum absolute atomic E-state index is 2.39. The molecule has 0 nitrogen and oxygen atoms in total. The molecule has 0 heterocycles. The van der Waals surface area contributed by atoms with E-state index in [1.807, 2.05) is 166 Å². The first-order valence-corrected chi connectivity index (χ1v) is 34.3. The normalized spacial score (nSPS) is 9.93. The van der Waals surface area contributed by atoms with Crippen LogP contribution in [-0.4, -0.2) is 0 Å². The third kappa shape index (κ3) is 18.1. The molecule has 12 aromatic rings. The van der Waals surface area contributed by atoms with E-state index in [-0.39, 0.29) is 0 Å². The smallest absolute Gasteiger partial charge is 0.00130 e. The summed E-state index contributed by atoms with van der Waals surface area (Å²) in [6.45, 7) is 48.0. The van der Waals surface area contributed by atoms with Crippen LogP contribution in [0.1, 0.15) is 200 Å². The van der Waals surface area contributed by atoms with Crippen molar-refractivity contribution in [1.82, 2.24) is 0 Å². The molecule has 0 radical (unpaired) electrons. The maximum atomic E-state index is 2.39. The second-order valence-corrected chi connectivity index (χ2v) is 17.5. The quantitative estimate of drug-likeness (QED) is 0.133. The Hall–Kier alpha value is -7.80. The predicted molar refractivity (Wildman–Crippen MR) is 405 cm³/mol. The average Bonchev–Trinajstić information content (AvgIpc) is 4.36. The molecular formula is C87H114. The van der Waals surface area contributed by atoms with E-state index in [9.17, 15) is 0 Å². The van der Waals surface area contributed by atoms with Crippen LogP contribution in [0.2, 0.25) is 0 Å². The van der Waals surface area contributed by atoms with E-state index in [4.69, 9.17) is 0 Å². The number of hydrogen-bond donors (Lipinski definition) is 0. The van der Waals surface area contributed by atoms with E-state index in [0.29, 0.717) is 0 Å². The molecule has 0 saturated heterocycles. The van der Waals surface area contributed by atoms with Crippen LogP contribution < -0.4 is 0 Å². The molecule has 3 aliphatic carbocycles. The van der Waals surface area contributed by atoms with Gasteiger partial charge in [0.15, 0.2) is 0 Å². The van der Waals surface area contributed by atoms with Gasteiger partial charge in [0.1, 0.15) is 0 Å². The summed E-state index contributed by atoms with van der Waals surface area (Å²) in [4.78, 5) is 0. The summed E-state index contributed by atoms with van der Waals surface area (Å²) in [6, 6.07) is 79.9. The summed E-state index contributed by atoms with van der Waals surface area (Å²) in [7, 11) is 0. The molecule has 0 bridgehead atoms. The molecule has 0 aromatic heterocycles. The molecule has 0 amide bonds. The lowest BCUT2D eigenvalue weighted by Gasteiger charge is -2.12. The van der Waals surface area contributed by atoms with Gasteiger partial charge in [0.05, 0.1) is 0 Å². The Balaban J connectivity index is 0.000000577. The molecule has 87 heavy (non-hydrogen) atoms. The highest BCUT2D eigenvalue weighted by molar-refractivity contribution is 6.15. The second-order valence-electron chi connectivity index (χ2n) is 17.5. The van der Waals surface area contributed by atoms with E-state index < -0.39 is 0 Å². The van der Waals surface area contributed by atoms with Crippen LogP contribution >= 0.6 is 0 Å². The third-order valence-corrected chi connectivity index (χ3v) is 13.9. The van der Waals surface area contributed by atoms with Gasteiger partial charge in [-0.15, -0.1) is 0 Å². The van der Waals surface area contributed by atoms with Crippen LogP contribution in [0.3, 0.4) is 0 Å². The van der Waals surface area contributed by atoms with Gasteiger partial charge in [0.25, 0.3) is 0 Å². The Morgan fingerprint density at radius 2 is 0.379 bits per heavy atom. The maximum Gasteiger partial charge on any atom is -0.00130 e. The van der Waals surface area contributed by atoms with Crippen LogP contribution in [0.5, 0.6) is 0 Å². The van der Waals surface area contributed by atoms with Crippen LogP contribution in [-0.2, 0) is 19.3 Å². The number of hydrogen-bond acceptors (Lipinski definition) is 0. The van der Waals surface area contributed by atoms with Crippen LogP contribution in [0, 0.1) is 0 Å². The molecule has 12 aromatic carbocycles. The van der Waals surface area contributed by atoms with Gasteiger partial charge in [-0.2, -0.15) is 0 Å². The first-order valence-electron chi connectivity index (χ1n) is 34.3. The van der Waals surface area contributed by atoms with Gasteiger partial charge in [0.2, 0.25) is 0 Å². The molecule has 0 unspecified atom stereocenters. The number of benzene rings is 12. The molecule has 0 heteroatoms. The summed E-state index contributed by atoms with van der Waals surface area (Å²) in [5.41, 5.74) is 17.3. The van der Waals surface area contributed by atoms with Crippen molar-refractivity contribution in [1.29, 1.82) is 0 Å². The lowest BCUT2D eigenvalue weighted by molar-refractivity contribution is 1.26. The van der Waals surface area contributed by atoms with Crippen molar-refractivity contribution in [2.24, 2.45) is 0 Å². The SMILES string of the molecule is CC.CC.CC.CC.CC.CC.CC.CC.CC.CC.CC.CC.c1ccc2c(c1)Cc1ccccc1-2.c1ccc2c3c(ccc2c1)Cc1ccc2ccccc2c1-3.c1ccc2cc3c4c(ccc3cc2c1)Cc1ccc2cc3ccccc3cc2c1-4. The molecular weight excluding hydrogens is 1040 g/mol. The minimum absolute atomic E-state index is 1.02. The standard InChI is InChI=1S/C29H18.C21H14.C13H10.12C2H6/c1-3-7-20-16-26-22(13-18(20)5-1)9-11-24-15-25-12-10-23-14-19-6-2-4-8-21(19)17-27(23)29(25)28(24)26;1-3-7-18-14(5-1)9-11-16-13-17-12-10-15-6-2-4-8-19(15)21(17)20(16)18;1-3-7-12-10(5-1)9-11-6-2-4-8-13(11)12;12*1-2/h1-14,16-17H,15H2;1-12H,13H2;1-8H,9H2;12*1-2H3.